The summed E-state index contributed by atoms with van der Waals surface area (Å²) in [5, 5.41) is 0. The first kappa shape index (κ1) is 15.7. The van der Waals surface area contributed by atoms with Crippen LogP contribution < -0.4 is 0 Å². The van der Waals surface area contributed by atoms with Gasteiger partial charge >= 0.3 is 0 Å². The average molecular weight is 324 g/mol. The standard InChI is InChI=1S/C13H16ClF2NO2S/c1-8-3-10(8)7-17(2)20(18,19)12-5-9(6-14)4-11(15)13(12)16/h4-5,8,10H,3,6-7H2,1-2H3. The Labute approximate surface area is 122 Å². The van der Waals surface area contributed by atoms with Crippen LogP contribution in [0.3, 0.4) is 0 Å². The van der Waals surface area contributed by atoms with Crippen LogP contribution in [-0.2, 0) is 15.9 Å². The summed E-state index contributed by atoms with van der Waals surface area (Å²) < 4.78 is 52.9. The molecular formula is C13H16ClF2NO2S. The van der Waals surface area contributed by atoms with E-state index in [0.717, 1.165) is 22.9 Å². The van der Waals surface area contributed by atoms with Gasteiger partial charge in [0.05, 0.1) is 0 Å². The van der Waals surface area contributed by atoms with Crippen LogP contribution in [0.4, 0.5) is 8.78 Å². The molecule has 0 radical (unpaired) electrons. The second-order valence-electron chi connectivity index (χ2n) is 5.28. The summed E-state index contributed by atoms with van der Waals surface area (Å²) in [6, 6.07) is 2.00. The fourth-order valence-corrected chi connectivity index (χ4v) is 3.63. The van der Waals surface area contributed by atoms with Crippen molar-refractivity contribution in [1.29, 1.82) is 0 Å². The SMILES string of the molecule is CC1CC1CN(C)S(=O)(=O)c1cc(CCl)cc(F)c1F. The Kier molecular flexibility index (Phi) is 4.37. The van der Waals surface area contributed by atoms with Crippen molar-refractivity contribution < 1.29 is 17.2 Å². The number of alkyl halides is 1. The van der Waals surface area contributed by atoms with E-state index in [1.165, 1.54) is 7.05 Å². The predicted octanol–water partition coefficient (Wildman–Crippen LogP) is 2.98. The number of hydrogen-bond donors (Lipinski definition) is 0. The largest absolute Gasteiger partial charge is 0.245 e. The summed E-state index contributed by atoms with van der Waals surface area (Å²) in [5.74, 6) is -1.87. The molecule has 0 bridgehead atoms. The number of benzene rings is 1. The van der Waals surface area contributed by atoms with E-state index in [9.17, 15) is 17.2 Å². The van der Waals surface area contributed by atoms with Gasteiger partial charge in [-0.1, -0.05) is 6.92 Å². The molecular weight excluding hydrogens is 308 g/mol. The van der Waals surface area contributed by atoms with Gasteiger partial charge in [-0.2, -0.15) is 0 Å². The average Bonchev–Trinajstić information content (AvgIpc) is 3.07. The lowest BCUT2D eigenvalue weighted by Gasteiger charge is -2.18. The van der Waals surface area contributed by atoms with Crippen LogP contribution in [0, 0.1) is 23.5 Å². The topological polar surface area (TPSA) is 37.4 Å². The molecule has 7 heteroatoms. The Morgan fingerprint density at radius 1 is 1.40 bits per heavy atom. The van der Waals surface area contributed by atoms with Gasteiger partial charge in [0.2, 0.25) is 10.0 Å². The zero-order chi connectivity index (χ0) is 15.1. The molecule has 2 rings (SSSR count). The molecule has 0 amide bonds. The summed E-state index contributed by atoms with van der Waals surface area (Å²) in [6.07, 6.45) is 0.957. The number of rotatable bonds is 5. The van der Waals surface area contributed by atoms with Crippen LogP contribution in [0.5, 0.6) is 0 Å². The molecule has 0 spiro atoms. The highest BCUT2D eigenvalue weighted by Crippen LogP contribution is 2.39. The maximum Gasteiger partial charge on any atom is 0.245 e. The van der Waals surface area contributed by atoms with E-state index < -0.39 is 26.6 Å². The van der Waals surface area contributed by atoms with Crippen molar-refractivity contribution >= 4 is 21.6 Å². The predicted molar refractivity (Wildman–Crippen MR) is 73.0 cm³/mol. The molecule has 1 aromatic carbocycles. The molecule has 112 valence electrons. The van der Waals surface area contributed by atoms with Crippen molar-refractivity contribution in [3.63, 3.8) is 0 Å². The molecule has 20 heavy (non-hydrogen) atoms. The third kappa shape index (κ3) is 2.97. The highest BCUT2D eigenvalue weighted by atomic mass is 35.5. The minimum absolute atomic E-state index is 0.0803. The zero-order valence-corrected chi connectivity index (χ0v) is 12.8. The lowest BCUT2D eigenvalue weighted by Crippen LogP contribution is -2.30. The quantitative estimate of drug-likeness (QED) is 0.781. The van der Waals surface area contributed by atoms with Crippen LogP contribution in [0.2, 0.25) is 0 Å². The first-order chi connectivity index (χ1) is 9.27. The van der Waals surface area contributed by atoms with E-state index >= 15 is 0 Å². The molecule has 1 aromatic rings. The molecule has 0 saturated heterocycles. The van der Waals surface area contributed by atoms with Crippen LogP contribution >= 0.6 is 11.6 Å². The first-order valence-corrected chi connectivity index (χ1v) is 8.25. The van der Waals surface area contributed by atoms with E-state index in [4.69, 9.17) is 11.6 Å². The molecule has 2 atom stereocenters. The van der Waals surface area contributed by atoms with Crippen molar-refractivity contribution in [2.45, 2.75) is 24.1 Å². The summed E-state index contributed by atoms with van der Waals surface area (Å²) in [6.45, 7) is 2.34. The van der Waals surface area contributed by atoms with Gasteiger partial charge in [0, 0.05) is 19.5 Å². The third-order valence-electron chi connectivity index (χ3n) is 3.66. The molecule has 1 aliphatic carbocycles. The van der Waals surface area contributed by atoms with E-state index in [0.29, 0.717) is 18.4 Å². The molecule has 1 aliphatic rings. The van der Waals surface area contributed by atoms with Crippen molar-refractivity contribution in [3.8, 4) is 0 Å². The van der Waals surface area contributed by atoms with Crippen molar-refractivity contribution in [2.75, 3.05) is 13.6 Å². The van der Waals surface area contributed by atoms with E-state index in [1.54, 1.807) is 0 Å². The third-order valence-corrected chi connectivity index (χ3v) is 5.80. The highest BCUT2D eigenvalue weighted by molar-refractivity contribution is 7.89. The number of sulfonamides is 1. The van der Waals surface area contributed by atoms with Gasteiger partial charge in [0.15, 0.2) is 11.6 Å². The Bertz CT molecular complexity index is 621. The second kappa shape index (κ2) is 5.58. The molecule has 1 saturated carbocycles. The molecule has 0 aromatic heterocycles. The Hall–Kier alpha value is -0.720. The molecule has 0 aliphatic heterocycles. The summed E-state index contributed by atoms with van der Waals surface area (Å²) in [7, 11) is -2.66. The Morgan fingerprint density at radius 3 is 2.50 bits per heavy atom. The van der Waals surface area contributed by atoms with Crippen LogP contribution in [0.1, 0.15) is 18.9 Å². The zero-order valence-electron chi connectivity index (χ0n) is 11.2. The lowest BCUT2D eigenvalue weighted by molar-refractivity contribution is 0.432. The van der Waals surface area contributed by atoms with Gasteiger partial charge in [-0.05, 0) is 36.0 Å². The minimum atomic E-state index is -4.04. The van der Waals surface area contributed by atoms with Crippen LogP contribution in [0.25, 0.3) is 0 Å². The maximum atomic E-state index is 13.8. The molecule has 2 unspecified atom stereocenters. The summed E-state index contributed by atoms with van der Waals surface area (Å²) in [5.41, 5.74) is 0.234. The Balaban J connectivity index is 2.35. The number of hydrogen-bond acceptors (Lipinski definition) is 2. The van der Waals surface area contributed by atoms with Crippen molar-refractivity contribution in [2.24, 2.45) is 11.8 Å². The molecule has 1 fully saturated rings. The lowest BCUT2D eigenvalue weighted by atomic mass is 10.2. The van der Waals surface area contributed by atoms with Gasteiger partial charge in [-0.3, -0.25) is 0 Å². The monoisotopic (exact) mass is 323 g/mol. The number of nitrogens with zero attached hydrogens (tertiary/aromatic N) is 1. The van der Waals surface area contributed by atoms with Gasteiger partial charge in [0.1, 0.15) is 4.90 Å². The second-order valence-corrected chi connectivity index (χ2v) is 7.56. The smallest absolute Gasteiger partial charge is 0.207 e. The van der Waals surface area contributed by atoms with Crippen molar-refractivity contribution in [3.05, 3.63) is 29.3 Å². The van der Waals surface area contributed by atoms with Crippen LogP contribution in [0.15, 0.2) is 17.0 Å². The molecule has 0 heterocycles. The van der Waals surface area contributed by atoms with Gasteiger partial charge in [-0.25, -0.2) is 21.5 Å². The van der Waals surface area contributed by atoms with E-state index in [2.05, 4.69) is 0 Å². The minimum Gasteiger partial charge on any atom is -0.207 e. The Morgan fingerprint density at radius 2 is 2.00 bits per heavy atom. The maximum absolute atomic E-state index is 13.8. The van der Waals surface area contributed by atoms with E-state index in [1.807, 2.05) is 6.92 Å². The summed E-state index contributed by atoms with van der Waals surface area (Å²) in [4.78, 5) is -0.649. The first-order valence-electron chi connectivity index (χ1n) is 6.27. The number of halogens is 3. The normalized spacial score (nSPS) is 22.3. The molecule has 0 N–H and O–H groups in total. The van der Waals surface area contributed by atoms with E-state index in [-0.39, 0.29) is 11.4 Å². The van der Waals surface area contributed by atoms with Crippen LogP contribution in [-0.4, -0.2) is 26.3 Å². The van der Waals surface area contributed by atoms with Gasteiger partial charge < -0.3 is 0 Å². The molecule has 3 nitrogen and oxygen atoms in total. The van der Waals surface area contributed by atoms with Crippen molar-refractivity contribution in [1.82, 2.24) is 4.31 Å². The van der Waals surface area contributed by atoms with Gasteiger partial charge in [-0.15, -0.1) is 11.6 Å². The fourth-order valence-electron chi connectivity index (χ4n) is 2.13. The highest BCUT2D eigenvalue weighted by Gasteiger charge is 2.37. The van der Waals surface area contributed by atoms with Gasteiger partial charge in [0.25, 0.3) is 0 Å². The summed E-state index contributed by atoms with van der Waals surface area (Å²) >= 11 is 5.57. The fraction of sp³-hybridized carbons (Fsp3) is 0.538.